The van der Waals surface area contributed by atoms with Gasteiger partial charge in [0, 0.05) is 10.0 Å². The van der Waals surface area contributed by atoms with Crippen LogP contribution >= 0.6 is 47.8 Å². The van der Waals surface area contributed by atoms with Crippen molar-refractivity contribution in [1.82, 2.24) is 9.97 Å². The second kappa shape index (κ2) is 4.92. The molecule has 6 heteroatoms. The average Bonchev–Trinajstić information content (AvgIpc) is 2.79. The highest BCUT2D eigenvalue weighted by Crippen LogP contribution is 2.43. The summed E-state index contributed by atoms with van der Waals surface area (Å²) in [6, 6.07) is 9.59. The normalized spacial score (nSPS) is 11.1. The number of phenols is 1. The summed E-state index contributed by atoms with van der Waals surface area (Å²) in [6.07, 6.45) is 0. The van der Waals surface area contributed by atoms with E-state index in [4.69, 9.17) is 0 Å². The molecule has 0 bridgehead atoms. The van der Waals surface area contributed by atoms with Gasteiger partial charge in [0.25, 0.3) is 0 Å². The van der Waals surface area contributed by atoms with Crippen molar-refractivity contribution in [2.24, 2.45) is 0 Å². The summed E-state index contributed by atoms with van der Waals surface area (Å²) in [6.45, 7) is 0. The van der Waals surface area contributed by atoms with Crippen LogP contribution in [0.3, 0.4) is 0 Å². The topological polar surface area (TPSA) is 48.9 Å². The van der Waals surface area contributed by atoms with Gasteiger partial charge in [0.15, 0.2) is 0 Å². The largest absolute Gasteiger partial charge is 0.506 e. The number of hydrogen-bond acceptors (Lipinski definition) is 2. The van der Waals surface area contributed by atoms with Crippen LogP contribution in [0.5, 0.6) is 5.75 Å². The second-order valence-corrected chi connectivity index (χ2v) is 6.48. The Morgan fingerprint density at radius 2 is 1.79 bits per heavy atom. The van der Waals surface area contributed by atoms with Gasteiger partial charge in [-0.05, 0) is 66.0 Å². The van der Waals surface area contributed by atoms with E-state index in [0.717, 1.165) is 21.1 Å². The Morgan fingerprint density at radius 3 is 2.53 bits per heavy atom. The van der Waals surface area contributed by atoms with Gasteiger partial charge in [0.05, 0.1) is 20.0 Å². The molecule has 0 radical (unpaired) electrons. The number of fused-ring (bicyclic) bond motifs is 1. The number of aromatic hydroxyl groups is 1. The van der Waals surface area contributed by atoms with Gasteiger partial charge in [0.1, 0.15) is 11.6 Å². The zero-order valence-electron chi connectivity index (χ0n) is 9.42. The van der Waals surface area contributed by atoms with Crippen LogP contribution in [0.2, 0.25) is 0 Å². The summed E-state index contributed by atoms with van der Waals surface area (Å²) in [5.74, 6) is 0.849. The summed E-state index contributed by atoms with van der Waals surface area (Å²) in [5.41, 5.74) is 2.63. The van der Waals surface area contributed by atoms with Crippen LogP contribution in [0.4, 0.5) is 0 Å². The van der Waals surface area contributed by atoms with Gasteiger partial charge in [-0.2, -0.15) is 0 Å². The minimum Gasteiger partial charge on any atom is -0.506 e. The summed E-state index contributed by atoms with van der Waals surface area (Å²) in [7, 11) is 0. The van der Waals surface area contributed by atoms with E-state index in [9.17, 15) is 5.11 Å². The number of para-hydroxylation sites is 2. The summed E-state index contributed by atoms with van der Waals surface area (Å²) in [4.78, 5) is 7.78. The Morgan fingerprint density at radius 1 is 1.05 bits per heavy atom. The molecular formula is C13H7Br3N2O. The molecule has 3 aromatic rings. The molecule has 0 aliphatic carbocycles. The average molecular weight is 447 g/mol. The maximum Gasteiger partial charge on any atom is 0.144 e. The molecule has 0 spiro atoms. The van der Waals surface area contributed by atoms with Crippen molar-refractivity contribution < 1.29 is 5.11 Å². The molecule has 0 saturated heterocycles. The van der Waals surface area contributed by atoms with Crippen molar-refractivity contribution in [3.8, 4) is 17.1 Å². The molecule has 1 aromatic heterocycles. The zero-order valence-corrected chi connectivity index (χ0v) is 14.2. The molecule has 96 valence electrons. The number of nitrogens with one attached hydrogen (secondary N) is 1. The van der Waals surface area contributed by atoms with Crippen LogP contribution in [0.15, 0.2) is 43.7 Å². The molecule has 0 amide bonds. The number of nitrogens with zero attached hydrogens (tertiary/aromatic N) is 1. The number of rotatable bonds is 1. The molecular weight excluding hydrogens is 440 g/mol. The van der Waals surface area contributed by atoms with E-state index in [0.29, 0.717) is 14.8 Å². The van der Waals surface area contributed by atoms with Gasteiger partial charge in [-0.3, -0.25) is 0 Å². The third-order valence-electron chi connectivity index (χ3n) is 2.77. The molecule has 19 heavy (non-hydrogen) atoms. The highest BCUT2D eigenvalue weighted by Gasteiger charge is 2.17. The summed E-state index contributed by atoms with van der Waals surface area (Å²) >= 11 is 10.2. The Kier molecular flexibility index (Phi) is 3.41. The van der Waals surface area contributed by atoms with Crippen molar-refractivity contribution in [2.45, 2.75) is 0 Å². The maximum atomic E-state index is 9.99. The van der Waals surface area contributed by atoms with Gasteiger partial charge >= 0.3 is 0 Å². The first-order chi connectivity index (χ1) is 9.08. The molecule has 2 aromatic carbocycles. The second-order valence-electron chi connectivity index (χ2n) is 3.98. The van der Waals surface area contributed by atoms with E-state index in [2.05, 4.69) is 57.8 Å². The van der Waals surface area contributed by atoms with Crippen LogP contribution in [0.1, 0.15) is 0 Å². The van der Waals surface area contributed by atoms with E-state index < -0.39 is 0 Å². The van der Waals surface area contributed by atoms with Crippen molar-refractivity contribution in [3.05, 3.63) is 43.7 Å². The van der Waals surface area contributed by atoms with Crippen LogP contribution in [-0.2, 0) is 0 Å². The minimum absolute atomic E-state index is 0.152. The maximum absolute atomic E-state index is 9.99. The number of aromatic amines is 1. The fourth-order valence-electron chi connectivity index (χ4n) is 1.87. The highest BCUT2D eigenvalue weighted by atomic mass is 79.9. The molecule has 1 heterocycles. The van der Waals surface area contributed by atoms with Gasteiger partial charge in [-0.25, -0.2) is 4.98 Å². The molecule has 0 saturated carbocycles. The molecule has 0 unspecified atom stereocenters. The van der Waals surface area contributed by atoms with Gasteiger partial charge in [-0.15, -0.1) is 0 Å². The number of aromatic nitrogens is 2. The first-order valence-corrected chi connectivity index (χ1v) is 7.77. The van der Waals surface area contributed by atoms with E-state index in [1.807, 2.05) is 24.3 Å². The number of phenolic OH excluding ortho intramolecular Hbond substituents is 1. The fourth-order valence-corrected chi connectivity index (χ4v) is 4.36. The van der Waals surface area contributed by atoms with Crippen LogP contribution in [-0.4, -0.2) is 15.1 Å². The zero-order chi connectivity index (χ0) is 13.6. The first kappa shape index (κ1) is 13.1. The SMILES string of the molecule is Oc1c(Br)cc(Br)c(-c2nc3ccccc3[nH]2)c1Br. The predicted molar refractivity (Wildman–Crippen MR) is 86.3 cm³/mol. The van der Waals surface area contributed by atoms with Crippen LogP contribution in [0, 0.1) is 0 Å². The molecule has 3 rings (SSSR count). The number of hydrogen-bond donors (Lipinski definition) is 2. The van der Waals surface area contributed by atoms with Crippen molar-refractivity contribution in [3.63, 3.8) is 0 Å². The van der Waals surface area contributed by atoms with E-state index >= 15 is 0 Å². The lowest BCUT2D eigenvalue weighted by atomic mass is 10.2. The Bertz CT molecular complexity index is 750. The molecule has 0 fully saturated rings. The quantitative estimate of drug-likeness (QED) is 0.538. The summed E-state index contributed by atoms with van der Waals surface area (Å²) in [5, 5.41) is 9.99. The van der Waals surface area contributed by atoms with Crippen LogP contribution in [0.25, 0.3) is 22.4 Å². The predicted octanol–water partition coefficient (Wildman–Crippen LogP) is 5.22. The van der Waals surface area contributed by atoms with E-state index in [1.54, 1.807) is 6.07 Å². The first-order valence-electron chi connectivity index (χ1n) is 5.39. The molecule has 2 N–H and O–H groups in total. The van der Waals surface area contributed by atoms with Crippen molar-refractivity contribution >= 4 is 58.8 Å². The Labute approximate surface area is 134 Å². The third-order valence-corrected chi connectivity index (χ3v) is 4.77. The lowest BCUT2D eigenvalue weighted by Gasteiger charge is -2.08. The number of halogens is 3. The van der Waals surface area contributed by atoms with Crippen LogP contribution < -0.4 is 0 Å². The Balaban J connectivity index is 2.29. The lowest BCUT2D eigenvalue weighted by molar-refractivity contribution is 0.468. The third kappa shape index (κ3) is 2.22. The number of imidazole rings is 1. The smallest absolute Gasteiger partial charge is 0.144 e. The standard InChI is InChI=1S/C13H7Br3N2O/c14-6-5-7(15)12(19)11(16)10(6)13-17-8-3-1-2-4-9(8)18-13/h1-5,19H,(H,17,18). The Hall–Kier alpha value is -0.850. The van der Waals surface area contributed by atoms with Crippen molar-refractivity contribution in [1.29, 1.82) is 0 Å². The van der Waals surface area contributed by atoms with Crippen molar-refractivity contribution in [2.75, 3.05) is 0 Å². The fraction of sp³-hybridized carbons (Fsp3) is 0. The number of H-pyrrole nitrogens is 1. The highest BCUT2D eigenvalue weighted by molar-refractivity contribution is 9.11. The molecule has 0 aliphatic rings. The number of benzene rings is 2. The molecule has 3 nitrogen and oxygen atoms in total. The van der Waals surface area contributed by atoms with Gasteiger partial charge in [-0.1, -0.05) is 12.1 Å². The molecule has 0 aliphatic heterocycles. The van der Waals surface area contributed by atoms with Gasteiger partial charge in [0.2, 0.25) is 0 Å². The lowest BCUT2D eigenvalue weighted by Crippen LogP contribution is -1.86. The van der Waals surface area contributed by atoms with E-state index in [1.165, 1.54) is 0 Å². The summed E-state index contributed by atoms with van der Waals surface area (Å²) < 4.78 is 2.04. The molecule has 0 atom stereocenters. The van der Waals surface area contributed by atoms with E-state index in [-0.39, 0.29) is 5.75 Å². The minimum atomic E-state index is 0.152. The monoisotopic (exact) mass is 444 g/mol. The van der Waals surface area contributed by atoms with Gasteiger partial charge < -0.3 is 10.1 Å².